The van der Waals surface area contributed by atoms with Gasteiger partial charge in [-0.2, -0.15) is 0 Å². The van der Waals surface area contributed by atoms with Crippen LogP contribution in [-0.2, 0) is 6.42 Å². The van der Waals surface area contributed by atoms with Crippen LogP contribution >= 0.6 is 0 Å². The normalized spacial score (nSPS) is 28.2. The summed E-state index contributed by atoms with van der Waals surface area (Å²) in [5.74, 6) is 0. The van der Waals surface area contributed by atoms with Crippen molar-refractivity contribution < 1.29 is 5.11 Å². The van der Waals surface area contributed by atoms with Crippen molar-refractivity contribution in [2.75, 3.05) is 0 Å². The summed E-state index contributed by atoms with van der Waals surface area (Å²) in [5, 5.41) is 10.6. The highest BCUT2D eigenvalue weighted by molar-refractivity contribution is 5.27. The summed E-state index contributed by atoms with van der Waals surface area (Å²) in [5.41, 5.74) is 2.41. The van der Waals surface area contributed by atoms with E-state index in [0.717, 1.165) is 25.7 Å². The Morgan fingerprint density at radius 1 is 1.19 bits per heavy atom. The highest BCUT2D eigenvalue weighted by atomic mass is 16.3. The Balaban J connectivity index is 2.14. The molecule has 0 radical (unpaired) electrons. The van der Waals surface area contributed by atoms with Crippen LogP contribution in [0.5, 0.6) is 0 Å². The lowest BCUT2D eigenvalue weighted by Crippen LogP contribution is -2.29. The SMILES string of the molecule is Cc1ccccc1CC1(O)CCC(C)(C)C1. The molecule has 1 saturated carbocycles. The largest absolute Gasteiger partial charge is 0.390 e. The first-order chi connectivity index (χ1) is 7.40. The van der Waals surface area contributed by atoms with Crippen LogP contribution in [0.15, 0.2) is 24.3 Å². The second-order valence-corrected chi connectivity index (χ2v) is 6.17. The summed E-state index contributed by atoms with van der Waals surface area (Å²) >= 11 is 0. The third-order valence-corrected chi connectivity index (χ3v) is 3.86. The van der Waals surface area contributed by atoms with Crippen LogP contribution in [0.4, 0.5) is 0 Å². The monoisotopic (exact) mass is 218 g/mol. The van der Waals surface area contributed by atoms with Crippen LogP contribution in [0.1, 0.15) is 44.2 Å². The topological polar surface area (TPSA) is 20.2 Å². The van der Waals surface area contributed by atoms with Crippen molar-refractivity contribution in [3.63, 3.8) is 0 Å². The minimum absolute atomic E-state index is 0.303. The molecule has 0 spiro atoms. The zero-order valence-electron chi connectivity index (χ0n) is 10.6. The zero-order chi connectivity index (χ0) is 11.8. The average molecular weight is 218 g/mol. The molecule has 0 bridgehead atoms. The van der Waals surface area contributed by atoms with Crippen molar-refractivity contribution in [3.05, 3.63) is 35.4 Å². The molecule has 1 aliphatic rings. The highest BCUT2D eigenvalue weighted by Crippen LogP contribution is 2.45. The number of hydrogen-bond donors (Lipinski definition) is 1. The lowest BCUT2D eigenvalue weighted by Gasteiger charge is -2.26. The van der Waals surface area contributed by atoms with E-state index >= 15 is 0 Å². The van der Waals surface area contributed by atoms with Crippen LogP contribution in [-0.4, -0.2) is 10.7 Å². The molecule has 0 amide bonds. The third-order valence-electron chi connectivity index (χ3n) is 3.86. The summed E-state index contributed by atoms with van der Waals surface area (Å²) < 4.78 is 0. The molecule has 0 aliphatic heterocycles. The number of rotatable bonds is 2. The Bertz CT molecular complexity index is 381. The number of aliphatic hydroxyl groups is 1. The lowest BCUT2D eigenvalue weighted by atomic mass is 9.85. The van der Waals surface area contributed by atoms with Crippen molar-refractivity contribution in [2.45, 2.75) is 52.1 Å². The van der Waals surface area contributed by atoms with E-state index in [4.69, 9.17) is 0 Å². The van der Waals surface area contributed by atoms with Crippen LogP contribution in [0.2, 0.25) is 0 Å². The Morgan fingerprint density at radius 2 is 1.88 bits per heavy atom. The van der Waals surface area contributed by atoms with E-state index in [1.807, 2.05) is 0 Å². The van der Waals surface area contributed by atoms with Gasteiger partial charge in [0.1, 0.15) is 0 Å². The van der Waals surface area contributed by atoms with Gasteiger partial charge in [0.15, 0.2) is 0 Å². The lowest BCUT2D eigenvalue weighted by molar-refractivity contribution is 0.0377. The Labute approximate surface area is 98.5 Å². The molecule has 1 fully saturated rings. The van der Waals surface area contributed by atoms with Crippen molar-refractivity contribution in [1.82, 2.24) is 0 Å². The number of hydrogen-bond acceptors (Lipinski definition) is 1. The van der Waals surface area contributed by atoms with Gasteiger partial charge >= 0.3 is 0 Å². The van der Waals surface area contributed by atoms with Gasteiger partial charge in [-0.3, -0.25) is 0 Å². The summed E-state index contributed by atoms with van der Waals surface area (Å²) in [7, 11) is 0. The van der Waals surface area contributed by atoms with E-state index < -0.39 is 5.60 Å². The Morgan fingerprint density at radius 3 is 2.44 bits per heavy atom. The van der Waals surface area contributed by atoms with Gasteiger partial charge in [0.25, 0.3) is 0 Å². The fraction of sp³-hybridized carbons (Fsp3) is 0.600. The molecule has 16 heavy (non-hydrogen) atoms. The van der Waals surface area contributed by atoms with E-state index in [0.29, 0.717) is 5.41 Å². The molecule has 88 valence electrons. The molecular formula is C15H22O. The predicted molar refractivity (Wildman–Crippen MR) is 67.5 cm³/mol. The second kappa shape index (κ2) is 3.89. The van der Waals surface area contributed by atoms with Gasteiger partial charge in [0.05, 0.1) is 5.60 Å². The molecule has 1 aliphatic carbocycles. The first-order valence-corrected chi connectivity index (χ1v) is 6.17. The summed E-state index contributed by atoms with van der Waals surface area (Å²) in [6, 6.07) is 8.38. The third kappa shape index (κ3) is 2.46. The quantitative estimate of drug-likeness (QED) is 0.805. The van der Waals surface area contributed by atoms with Gasteiger partial charge in [0, 0.05) is 6.42 Å². The fourth-order valence-corrected chi connectivity index (χ4v) is 2.95. The molecular weight excluding hydrogens is 196 g/mol. The highest BCUT2D eigenvalue weighted by Gasteiger charge is 2.41. The minimum atomic E-state index is -0.477. The summed E-state index contributed by atoms with van der Waals surface area (Å²) in [6.07, 6.45) is 3.81. The minimum Gasteiger partial charge on any atom is -0.390 e. The van der Waals surface area contributed by atoms with Gasteiger partial charge in [-0.05, 0) is 42.7 Å². The van der Waals surface area contributed by atoms with Gasteiger partial charge in [-0.1, -0.05) is 38.1 Å². The fourth-order valence-electron chi connectivity index (χ4n) is 2.95. The van der Waals surface area contributed by atoms with Gasteiger partial charge in [0.2, 0.25) is 0 Å². The Hall–Kier alpha value is -0.820. The van der Waals surface area contributed by atoms with Crippen molar-refractivity contribution in [3.8, 4) is 0 Å². The number of benzene rings is 1. The smallest absolute Gasteiger partial charge is 0.0693 e. The van der Waals surface area contributed by atoms with Crippen LogP contribution in [0.3, 0.4) is 0 Å². The molecule has 1 heteroatoms. The molecule has 1 nitrogen and oxygen atoms in total. The van der Waals surface area contributed by atoms with Crippen molar-refractivity contribution in [1.29, 1.82) is 0 Å². The molecule has 0 heterocycles. The van der Waals surface area contributed by atoms with E-state index in [-0.39, 0.29) is 0 Å². The van der Waals surface area contributed by atoms with E-state index in [1.54, 1.807) is 0 Å². The van der Waals surface area contributed by atoms with Crippen LogP contribution < -0.4 is 0 Å². The first kappa shape index (κ1) is 11.7. The van der Waals surface area contributed by atoms with Crippen LogP contribution in [0.25, 0.3) is 0 Å². The molecule has 1 aromatic rings. The molecule has 1 N–H and O–H groups in total. The average Bonchev–Trinajstić information content (AvgIpc) is 2.45. The molecule has 1 atom stereocenters. The van der Waals surface area contributed by atoms with Crippen molar-refractivity contribution in [2.24, 2.45) is 5.41 Å². The van der Waals surface area contributed by atoms with Gasteiger partial charge in [-0.25, -0.2) is 0 Å². The maximum Gasteiger partial charge on any atom is 0.0693 e. The standard InChI is InChI=1S/C15H22O/c1-12-6-4-5-7-13(12)10-15(16)9-8-14(2,3)11-15/h4-7,16H,8-11H2,1-3H3. The molecule has 2 rings (SSSR count). The van der Waals surface area contributed by atoms with E-state index in [2.05, 4.69) is 45.0 Å². The zero-order valence-corrected chi connectivity index (χ0v) is 10.6. The molecule has 0 saturated heterocycles. The maximum atomic E-state index is 10.6. The van der Waals surface area contributed by atoms with Crippen molar-refractivity contribution >= 4 is 0 Å². The van der Waals surface area contributed by atoms with E-state index in [9.17, 15) is 5.11 Å². The van der Waals surface area contributed by atoms with Gasteiger partial charge in [-0.15, -0.1) is 0 Å². The second-order valence-electron chi connectivity index (χ2n) is 6.17. The van der Waals surface area contributed by atoms with E-state index in [1.165, 1.54) is 11.1 Å². The summed E-state index contributed by atoms with van der Waals surface area (Å²) in [6.45, 7) is 6.63. The summed E-state index contributed by atoms with van der Waals surface area (Å²) in [4.78, 5) is 0. The van der Waals surface area contributed by atoms with Crippen LogP contribution in [0, 0.1) is 12.3 Å². The molecule has 1 aromatic carbocycles. The molecule has 0 aromatic heterocycles. The first-order valence-electron chi connectivity index (χ1n) is 6.17. The number of aryl methyl sites for hydroxylation is 1. The Kier molecular flexibility index (Phi) is 2.83. The maximum absolute atomic E-state index is 10.6. The van der Waals surface area contributed by atoms with Gasteiger partial charge < -0.3 is 5.11 Å². The molecule has 1 unspecified atom stereocenters. The predicted octanol–water partition coefficient (Wildman–Crippen LogP) is 3.48.